The molecular weight excluding hydrogens is 292 g/mol. The average molecular weight is 306 g/mol. The molecule has 1 atom stereocenters. The molecule has 2 aromatic rings. The molecular formula is C15H14O3S2. The van der Waals surface area contributed by atoms with Crippen molar-refractivity contribution in [3.63, 3.8) is 0 Å². The number of aromatic hydroxyl groups is 2. The van der Waals surface area contributed by atoms with Crippen molar-refractivity contribution in [2.45, 2.75) is 15.2 Å². The Hall–Kier alpha value is -1.46. The minimum Gasteiger partial charge on any atom is -0.508 e. The van der Waals surface area contributed by atoms with Crippen molar-refractivity contribution in [3.8, 4) is 17.2 Å². The topological polar surface area (TPSA) is 49.7 Å². The lowest BCUT2D eigenvalue weighted by molar-refractivity contribution is 0.373. The summed E-state index contributed by atoms with van der Waals surface area (Å²) < 4.78 is 5.27. The van der Waals surface area contributed by atoms with Gasteiger partial charge in [-0.1, -0.05) is 12.1 Å². The Labute approximate surface area is 126 Å². The van der Waals surface area contributed by atoms with Gasteiger partial charge in [0.25, 0.3) is 0 Å². The zero-order valence-electron chi connectivity index (χ0n) is 10.9. The van der Waals surface area contributed by atoms with Crippen molar-refractivity contribution >= 4 is 23.5 Å². The second kappa shape index (κ2) is 5.50. The van der Waals surface area contributed by atoms with Crippen LogP contribution < -0.4 is 4.74 Å². The number of methoxy groups -OCH3 is 1. The smallest absolute Gasteiger partial charge is 0.160 e. The van der Waals surface area contributed by atoms with Crippen LogP contribution in [0, 0.1) is 0 Å². The molecule has 1 unspecified atom stereocenters. The molecule has 0 radical (unpaired) electrons. The van der Waals surface area contributed by atoms with Crippen molar-refractivity contribution in [1.82, 2.24) is 0 Å². The molecule has 1 aliphatic rings. The molecule has 3 nitrogen and oxygen atoms in total. The van der Waals surface area contributed by atoms with Crippen LogP contribution in [0.3, 0.4) is 0 Å². The fraction of sp³-hybridized carbons (Fsp3) is 0.200. The Morgan fingerprint density at radius 3 is 2.75 bits per heavy atom. The number of phenols is 2. The molecule has 0 amide bonds. The van der Waals surface area contributed by atoms with Crippen LogP contribution in [0.2, 0.25) is 0 Å². The predicted molar refractivity (Wildman–Crippen MR) is 82.7 cm³/mol. The summed E-state index contributed by atoms with van der Waals surface area (Å²) in [5.41, 5.74) is 2.05. The lowest BCUT2D eigenvalue weighted by atomic mass is 10.2. The van der Waals surface area contributed by atoms with Gasteiger partial charge in [0, 0.05) is 16.2 Å². The van der Waals surface area contributed by atoms with Crippen LogP contribution in [0.5, 0.6) is 17.2 Å². The third-order valence-corrected chi connectivity index (χ3v) is 6.05. The number of ether oxygens (including phenoxy) is 1. The maximum Gasteiger partial charge on any atom is 0.160 e. The molecule has 2 aromatic carbocycles. The zero-order valence-corrected chi connectivity index (χ0v) is 12.5. The Morgan fingerprint density at radius 2 is 2.00 bits per heavy atom. The first kappa shape index (κ1) is 13.5. The highest BCUT2D eigenvalue weighted by molar-refractivity contribution is 8.16. The molecule has 104 valence electrons. The van der Waals surface area contributed by atoms with Crippen LogP contribution in [0.4, 0.5) is 0 Å². The fourth-order valence-electron chi connectivity index (χ4n) is 2.14. The molecule has 1 heterocycles. The number of benzene rings is 2. The first-order valence-corrected chi connectivity index (χ1v) is 8.08. The van der Waals surface area contributed by atoms with E-state index in [9.17, 15) is 10.2 Å². The van der Waals surface area contributed by atoms with E-state index in [4.69, 9.17) is 4.74 Å². The van der Waals surface area contributed by atoms with Crippen LogP contribution in [0.15, 0.2) is 41.3 Å². The second-order valence-electron chi connectivity index (χ2n) is 4.45. The molecule has 0 spiro atoms. The summed E-state index contributed by atoms with van der Waals surface area (Å²) in [7, 11) is 1.54. The first-order chi connectivity index (χ1) is 9.69. The van der Waals surface area contributed by atoms with E-state index in [0.29, 0.717) is 11.5 Å². The molecule has 0 fully saturated rings. The summed E-state index contributed by atoms with van der Waals surface area (Å²) >= 11 is 3.44. The summed E-state index contributed by atoms with van der Waals surface area (Å²) in [6, 6.07) is 11.1. The zero-order chi connectivity index (χ0) is 14.1. The highest BCUT2D eigenvalue weighted by Gasteiger charge is 2.24. The third kappa shape index (κ3) is 2.43. The quantitative estimate of drug-likeness (QED) is 0.873. The largest absolute Gasteiger partial charge is 0.508 e. The highest BCUT2D eigenvalue weighted by Crippen LogP contribution is 2.53. The minimum atomic E-state index is 0.160. The van der Waals surface area contributed by atoms with E-state index in [2.05, 4.69) is 0 Å². The summed E-state index contributed by atoms with van der Waals surface area (Å²) in [5.74, 6) is 1.77. The van der Waals surface area contributed by atoms with Crippen molar-refractivity contribution < 1.29 is 14.9 Å². The first-order valence-electron chi connectivity index (χ1n) is 6.15. The number of thioether (sulfide) groups is 2. The van der Waals surface area contributed by atoms with Gasteiger partial charge in [-0.25, -0.2) is 0 Å². The average Bonchev–Trinajstić information content (AvgIpc) is 2.47. The Bertz CT molecular complexity index is 643. The van der Waals surface area contributed by atoms with Crippen molar-refractivity contribution in [2.24, 2.45) is 0 Å². The van der Waals surface area contributed by atoms with Gasteiger partial charge in [-0.05, 0) is 29.8 Å². The molecule has 2 N–H and O–H groups in total. The summed E-state index contributed by atoms with van der Waals surface area (Å²) in [6.07, 6.45) is 0. The van der Waals surface area contributed by atoms with Gasteiger partial charge in [0.1, 0.15) is 5.75 Å². The molecule has 0 bridgehead atoms. The van der Waals surface area contributed by atoms with Crippen LogP contribution in [0.1, 0.15) is 15.7 Å². The van der Waals surface area contributed by atoms with Crippen molar-refractivity contribution in [2.75, 3.05) is 7.11 Å². The predicted octanol–water partition coefficient (Wildman–Crippen LogP) is 4.14. The van der Waals surface area contributed by atoms with E-state index in [1.165, 1.54) is 7.11 Å². The van der Waals surface area contributed by atoms with Crippen LogP contribution in [-0.4, -0.2) is 17.3 Å². The number of hydrogen-bond donors (Lipinski definition) is 2. The van der Waals surface area contributed by atoms with Gasteiger partial charge in [-0.3, -0.25) is 0 Å². The normalized spacial score (nSPS) is 17.6. The van der Waals surface area contributed by atoms with Gasteiger partial charge in [0.05, 0.1) is 11.7 Å². The number of rotatable bonds is 2. The van der Waals surface area contributed by atoms with E-state index in [1.54, 1.807) is 41.7 Å². The lowest BCUT2D eigenvalue weighted by Gasteiger charge is -2.24. The van der Waals surface area contributed by atoms with E-state index in [0.717, 1.165) is 21.8 Å². The van der Waals surface area contributed by atoms with Crippen molar-refractivity contribution in [1.29, 1.82) is 0 Å². The van der Waals surface area contributed by atoms with E-state index in [1.807, 2.05) is 18.2 Å². The monoisotopic (exact) mass is 306 g/mol. The SMILES string of the molecule is COc1ccc(C2SCc3c(O)cccc3S2)cc1O. The highest BCUT2D eigenvalue weighted by atomic mass is 32.2. The molecule has 0 saturated carbocycles. The lowest BCUT2D eigenvalue weighted by Crippen LogP contribution is -1.99. The van der Waals surface area contributed by atoms with Crippen LogP contribution >= 0.6 is 23.5 Å². The molecule has 0 aromatic heterocycles. The van der Waals surface area contributed by atoms with Gasteiger partial charge >= 0.3 is 0 Å². The maximum absolute atomic E-state index is 9.88. The molecule has 3 rings (SSSR count). The third-order valence-electron chi connectivity index (χ3n) is 3.20. The Morgan fingerprint density at radius 1 is 1.15 bits per heavy atom. The number of phenolic OH excluding ortho intramolecular Hbond substituents is 2. The van der Waals surface area contributed by atoms with Gasteiger partial charge < -0.3 is 14.9 Å². The number of fused-ring (bicyclic) bond motifs is 1. The standard InChI is InChI=1S/C15H14O3S2/c1-18-13-6-5-9(7-12(13)17)15-19-8-10-11(16)3-2-4-14(10)20-15/h2-7,15-17H,8H2,1H3. The van der Waals surface area contributed by atoms with Gasteiger partial charge in [0.15, 0.2) is 11.5 Å². The van der Waals surface area contributed by atoms with Gasteiger partial charge in [-0.15, -0.1) is 23.5 Å². The summed E-state index contributed by atoms with van der Waals surface area (Å²) in [5, 5.41) is 19.7. The summed E-state index contributed by atoms with van der Waals surface area (Å²) in [4.78, 5) is 1.10. The fourth-order valence-corrected chi connectivity index (χ4v) is 4.96. The minimum absolute atomic E-state index is 0.160. The van der Waals surface area contributed by atoms with E-state index >= 15 is 0 Å². The Balaban J connectivity index is 1.88. The van der Waals surface area contributed by atoms with Crippen LogP contribution in [-0.2, 0) is 5.75 Å². The van der Waals surface area contributed by atoms with E-state index < -0.39 is 0 Å². The van der Waals surface area contributed by atoms with Crippen LogP contribution in [0.25, 0.3) is 0 Å². The molecule has 0 aliphatic carbocycles. The van der Waals surface area contributed by atoms with E-state index in [-0.39, 0.29) is 10.3 Å². The van der Waals surface area contributed by atoms with Gasteiger partial charge in [0.2, 0.25) is 0 Å². The maximum atomic E-state index is 9.88. The molecule has 5 heteroatoms. The van der Waals surface area contributed by atoms with Crippen molar-refractivity contribution in [3.05, 3.63) is 47.5 Å². The van der Waals surface area contributed by atoms with Gasteiger partial charge in [-0.2, -0.15) is 0 Å². The molecule has 0 saturated heterocycles. The number of hydrogen-bond acceptors (Lipinski definition) is 5. The Kier molecular flexibility index (Phi) is 3.72. The molecule has 1 aliphatic heterocycles. The molecule has 20 heavy (non-hydrogen) atoms. The summed E-state index contributed by atoms with van der Waals surface area (Å²) in [6.45, 7) is 0. The second-order valence-corrected chi connectivity index (χ2v) is 6.98.